The molecule has 94 valence electrons. The summed E-state index contributed by atoms with van der Waals surface area (Å²) in [4.78, 5) is 0. The average molecular weight is 233 g/mol. The van der Waals surface area contributed by atoms with Crippen molar-refractivity contribution >= 4 is 5.71 Å². The molecular weight excluding hydrogens is 210 g/mol. The maximum absolute atomic E-state index is 8.67. The summed E-state index contributed by atoms with van der Waals surface area (Å²) in [5, 5.41) is 11.9. The van der Waals surface area contributed by atoms with Crippen LogP contribution < -0.4 is 0 Å². The van der Waals surface area contributed by atoms with Crippen molar-refractivity contribution in [3.63, 3.8) is 0 Å². The molecular formula is C15H23NO. The normalized spacial score (nSPS) is 11.8. The summed E-state index contributed by atoms with van der Waals surface area (Å²) in [5.74, 6) is 0. The van der Waals surface area contributed by atoms with Crippen molar-refractivity contribution < 1.29 is 5.21 Å². The van der Waals surface area contributed by atoms with Crippen molar-refractivity contribution in [2.75, 3.05) is 0 Å². The highest BCUT2D eigenvalue weighted by Crippen LogP contribution is 2.11. The molecule has 0 heterocycles. The van der Waals surface area contributed by atoms with Crippen LogP contribution >= 0.6 is 0 Å². The van der Waals surface area contributed by atoms with E-state index in [-0.39, 0.29) is 0 Å². The average Bonchev–Trinajstić information content (AvgIpc) is 2.38. The summed E-state index contributed by atoms with van der Waals surface area (Å²) in [7, 11) is 0. The second-order valence-electron chi connectivity index (χ2n) is 4.55. The number of hydrogen-bond acceptors (Lipinski definition) is 2. The van der Waals surface area contributed by atoms with Gasteiger partial charge in [-0.25, -0.2) is 0 Å². The molecule has 2 nitrogen and oxygen atoms in total. The van der Waals surface area contributed by atoms with Gasteiger partial charge in [-0.2, -0.15) is 0 Å². The zero-order valence-corrected chi connectivity index (χ0v) is 10.9. The third-order valence-corrected chi connectivity index (χ3v) is 3.09. The molecule has 0 saturated heterocycles. The van der Waals surface area contributed by atoms with Gasteiger partial charge < -0.3 is 5.21 Å². The predicted octanol–water partition coefficient (Wildman–Crippen LogP) is 4.40. The lowest BCUT2D eigenvalue weighted by Gasteiger charge is -2.03. The van der Waals surface area contributed by atoms with Crippen molar-refractivity contribution in [3.05, 3.63) is 35.4 Å². The fraction of sp³-hybridized carbons (Fsp3) is 0.533. The molecule has 2 heteroatoms. The Hall–Kier alpha value is -1.31. The third kappa shape index (κ3) is 5.03. The Bertz CT molecular complexity index is 340. The van der Waals surface area contributed by atoms with E-state index in [9.17, 15) is 0 Å². The van der Waals surface area contributed by atoms with Crippen LogP contribution in [0, 0.1) is 0 Å². The number of hydrogen-bond donors (Lipinski definition) is 1. The van der Waals surface area contributed by atoms with Crippen LogP contribution in [0.4, 0.5) is 0 Å². The van der Waals surface area contributed by atoms with Crippen molar-refractivity contribution in [1.29, 1.82) is 0 Å². The van der Waals surface area contributed by atoms with Crippen LogP contribution in [0.25, 0.3) is 0 Å². The Kier molecular flexibility index (Phi) is 6.38. The van der Waals surface area contributed by atoms with E-state index in [0.29, 0.717) is 5.71 Å². The largest absolute Gasteiger partial charge is 0.411 e. The minimum atomic E-state index is 0.666. The first kappa shape index (κ1) is 13.8. The van der Waals surface area contributed by atoms with Gasteiger partial charge in [0.15, 0.2) is 0 Å². The highest BCUT2D eigenvalue weighted by molar-refractivity contribution is 5.98. The van der Waals surface area contributed by atoms with Crippen LogP contribution in [-0.2, 0) is 6.42 Å². The molecule has 0 aliphatic rings. The molecule has 0 radical (unpaired) electrons. The van der Waals surface area contributed by atoms with Gasteiger partial charge >= 0.3 is 0 Å². The number of unbranched alkanes of at least 4 members (excludes halogenated alkanes) is 4. The standard InChI is InChI=1S/C15H23NO/c1-3-4-5-6-7-8-14-9-11-15(12-10-14)13(2)16-17/h9-12,17H,3-8H2,1-2H3/b16-13+. The zero-order chi connectivity index (χ0) is 12.5. The molecule has 1 aromatic carbocycles. The zero-order valence-electron chi connectivity index (χ0n) is 10.9. The van der Waals surface area contributed by atoms with Crippen LogP contribution in [0.2, 0.25) is 0 Å². The van der Waals surface area contributed by atoms with Crippen LogP contribution in [0.1, 0.15) is 57.1 Å². The Morgan fingerprint density at radius 2 is 1.71 bits per heavy atom. The van der Waals surface area contributed by atoms with Crippen molar-refractivity contribution in [3.8, 4) is 0 Å². The number of rotatable bonds is 7. The first-order chi connectivity index (χ1) is 8.27. The van der Waals surface area contributed by atoms with Crippen molar-refractivity contribution in [2.45, 2.75) is 52.4 Å². The van der Waals surface area contributed by atoms with Gasteiger partial charge in [-0.3, -0.25) is 0 Å². The van der Waals surface area contributed by atoms with E-state index in [4.69, 9.17) is 5.21 Å². The summed E-state index contributed by atoms with van der Waals surface area (Å²) in [6.07, 6.45) is 7.75. The smallest absolute Gasteiger partial charge is 0.0836 e. The fourth-order valence-corrected chi connectivity index (χ4v) is 1.90. The molecule has 0 aliphatic carbocycles. The lowest BCUT2D eigenvalue weighted by Crippen LogP contribution is -1.94. The predicted molar refractivity (Wildman–Crippen MR) is 72.9 cm³/mol. The Balaban J connectivity index is 2.35. The summed E-state index contributed by atoms with van der Waals surface area (Å²) in [6, 6.07) is 8.31. The Morgan fingerprint density at radius 3 is 2.29 bits per heavy atom. The van der Waals surface area contributed by atoms with E-state index in [1.165, 1.54) is 37.7 Å². The van der Waals surface area contributed by atoms with E-state index in [0.717, 1.165) is 12.0 Å². The summed E-state index contributed by atoms with van der Waals surface area (Å²) in [5.41, 5.74) is 3.03. The first-order valence-corrected chi connectivity index (χ1v) is 6.56. The van der Waals surface area contributed by atoms with Crippen LogP contribution in [0.15, 0.2) is 29.4 Å². The first-order valence-electron chi connectivity index (χ1n) is 6.56. The Labute approximate surface area is 104 Å². The van der Waals surface area contributed by atoms with Crippen molar-refractivity contribution in [2.24, 2.45) is 5.16 Å². The highest BCUT2D eigenvalue weighted by Gasteiger charge is 1.98. The van der Waals surface area contributed by atoms with E-state index >= 15 is 0 Å². The highest BCUT2D eigenvalue weighted by atomic mass is 16.4. The summed E-state index contributed by atoms with van der Waals surface area (Å²) in [6.45, 7) is 4.05. The molecule has 0 aliphatic heterocycles. The topological polar surface area (TPSA) is 32.6 Å². The van der Waals surface area contributed by atoms with Gasteiger partial charge in [-0.15, -0.1) is 0 Å². The summed E-state index contributed by atoms with van der Waals surface area (Å²) >= 11 is 0. The van der Waals surface area contributed by atoms with E-state index in [1.807, 2.05) is 12.1 Å². The van der Waals surface area contributed by atoms with E-state index < -0.39 is 0 Å². The van der Waals surface area contributed by atoms with Crippen molar-refractivity contribution in [1.82, 2.24) is 0 Å². The second-order valence-corrected chi connectivity index (χ2v) is 4.55. The molecule has 0 atom stereocenters. The number of oxime groups is 1. The molecule has 1 rings (SSSR count). The molecule has 0 saturated carbocycles. The second kappa shape index (κ2) is 7.88. The van der Waals surface area contributed by atoms with Gasteiger partial charge in [0, 0.05) is 0 Å². The lowest BCUT2D eigenvalue weighted by molar-refractivity contribution is 0.319. The molecule has 1 N–H and O–H groups in total. The molecule has 17 heavy (non-hydrogen) atoms. The quantitative estimate of drug-likeness (QED) is 0.322. The summed E-state index contributed by atoms with van der Waals surface area (Å²) < 4.78 is 0. The maximum Gasteiger partial charge on any atom is 0.0836 e. The third-order valence-electron chi connectivity index (χ3n) is 3.09. The minimum Gasteiger partial charge on any atom is -0.411 e. The fourth-order valence-electron chi connectivity index (χ4n) is 1.90. The van der Waals surface area contributed by atoms with E-state index in [1.54, 1.807) is 6.92 Å². The SMILES string of the molecule is CCCCCCCc1ccc(/C(C)=N/O)cc1. The molecule has 1 aromatic rings. The maximum atomic E-state index is 8.67. The Morgan fingerprint density at radius 1 is 1.06 bits per heavy atom. The lowest BCUT2D eigenvalue weighted by atomic mass is 10.0. The molecule has 0 bridgehead atoms. The molecule has 0 spiro atoms. The molecule has 0 aromatic heterocycles. The van der Waals surface area contributed by atoms with Gasteiger partial charge in [-0.05, 0) is 30.9 Å². The van der Waals surface area contributed by atoms with Gasteiger partial charge in [0.05, 0.1) is 5.71 Å². The molecule has 0 fully saturated rings. The number of aryl methyl sites for hydroxylation is 1. The number of nitrogens with zero attached hydrogens (tertiary/aromatic N) is 1. The van der Waals surface area contributed by atoms with Crippen LogP contribution in [-0.4, -0.2) is 10.9 Å². The van der Waals surface area contributed by atoms with Gasteiger partial charge in [-0.1, -0.05) is 62.0 Å². The van der Waals surface area contributed by atoms with Crippen LogP contribution in [0.3, 0.4) is 0 Å². The van der Waals surface area contributed by atoms with E-state index in [2.05, 4.69) is 24.2 Å². The van der Waals surface area contributed by atoms with Gasteiger partial charge in [0.2, 0.25) is 0 Å². The van der Waals surface area contributed by atoms with Gasteiger partial charge in [0.1, 0.15) is 0 Å². The monoisotopic (exact) mass is 233 g/mol. The number of benzene rings is 1. The molecule has 0 unspecified atom stereocenters. The minimum absolute atomic E-state index is 0.666. The van der Waals surface area contributed by atoms with Gasteiger partial charge in [0.25, 0.3) is 0 Å². The van der Waals surface area contributed by atoms with Crippen LogP contribution in [0.5, 0.6) is 0 Å². The molecule has 0 amide bonds.